The average molecular weight is 686 g/mol. The SMILES string of the molecule is N#C/C(=N\OS(=O)(=O)C(F)(F)C(F)(F)C(F)(F)C(F)(F)C(F)(F)C(F)(F)C(F)(F)C(F)(F)F)C12CC3CC(CC(C3)C1)C2. The smallest absolute Gasteiger partial charge is 0.263 e. The van der Waals surface area contributed by atoms with E-state index in [1.807, 2.05) is 0 Å². The van der Waals surface area contributed by atoms with Crippen LogP contribution in [0.1, 0.15) is 38.5 Å². The third kappa shape index (κ3) is 4.61. The normalized spacial score (nSPS) is 28.2. The van der Waals surface area contributed by atoms with Crippen molar-refractivity contribution in [3.63, 3.8) is 0 Å². The molecule has 4 aliphatic carbocycles. The van der Waals surface area contributed by atoms with Crippen molar-refractivity contribution < 1.29 is 87.3 Å². The van der Waals surface area contributed by atoms with E-state index >= 15 is 0 Å². The van der Waals surface area contributed by atoms with Crippen molar-refractivity contribution in [2.75, 3.05) is 0 Å². The average Bonchev–Trinajstić information content (AvgIpc) is 2.81. The number of alkyl halides is 17. The standard InChI is InChI=1S/C20H15F17N2O3S/c21-13(22,15(25,26)17(29,30)19(33,34)35)14(23,24)16(27,28)18(31,32)20(36,37)43(40,41)42-39-11(7-38)12-4-8-1-9(5-12)3-10(2-8)6-12/h8-10H,1-6H2/b39-11+. The molecular formula is C20H15F17N2O3S. The Morgan fingerprint density at radius 2 is 0.953 bits per heavy atom. The fourth-order valence-corrected chi connectivity index (χ4v) is 6.78. The van der Waals surface area contributed by atoms with Crippen LogP contribution < -0.4 is 0 Å². The van der Waals surface area contributed by atoms with Crippen LogP contribution in [0, 0.1) is 34.5 Å². The lowest BCUT2D eigenvalue weighted by atomic mass is 9.48. The molecule has 0 aromatic rings. The third-order valence-corrected chi connectivity index (χ3v) is 9.04. The highest BCUT2D eigenvalue weighted by Crippen LogP contribution is 2.65. The van der Waals surface area contributed by atoms with Gasteiger partial charge < -0.3 is 0 Å². The van der Waals surface area contributed by atoms with E-state index < -0.39 is 68.2 Å². The summed E-state index contributed by atoms with van der Waals surface area (Å²) in [5.74, 6) is -52.5. The van der Waals surface area contributed by atoms with Crippen LogP contribution in [0.5, 0.6) is 0 Å². The van der Waals surface area contributed by atoms with Gasteiger partial charge in [-0.2, -0.15) is 88.3 Å². The zero-order valence-corrected chi connectivity index (χ0v) is 21.2. The van der Waals surface area contributed by atoms with Gasteiger partial charge in [-0.05, 0) is 56.3 Å². The van der Waals surface area contributed by atoms with E-state index in [9.17, 15) is 88.3 Å². The Kier molecular flexibility index (Phi) is 7.87. The largest absolute Gasteiger partial charge is 0.460 e. The number of nitrogens with zero attached hydrogens (tertiary/aromatic N) is 2. The second kappa shape index (κ2) is 9.61. The lowest BCUT2D eigenvalue weighted by Crippen LogP contribution is -2.75. The van der Waals surface area contributed by atoms with Crippen LogP contribution in [-0.2, 0) is 14.4 Å². The fraction of sp³-hybridized carbons (Fsp3) is 0.900. The van der Waals surface area contributed by atoms with Gasteiger partial charge in [-0.1, -0.05) is 5.16 Å². The van der Waals surface area contributed by atoms with Gasteiger partial charge in [0.25, 0.3) is 0 Å². The molecule has 5 nitrogen and oxygen atoms in total. The van der Waals surface area contributed by atoms with E-state index in [1.54, 1.807) is 0 Å². The molecular weight excluding hydrogens is 671 g/mol. The van der Waals surface area contributed by atoms with Crippen LogP contribution in [0.3, 0.4) is 0 Å². The van der Waals surface area contributed by atoms with Gasteiger partial charge in [0.05, 0.1) is 0 Å². The van der Waals surface area contributed by atoms with Gasteiger partial charge in [-0.15, -0.1) is 0 Å². The number of oxime groups is 1. The maximum absolute atomic E-state index is 14.2. The van der Waals surface area contributed by atoms with Gasteiger partial charge in [-0.3, -0.25) is 4.28 Å². The first-order valence-electron chi connectivity index (χ1n) is 11.5. The second-order valence-corrected chi connectivity index (χ2v) is 12.3. The summed E-state index contributed by atoms with van der Waals surface area (Å²) in [6.45, 7) is 0. The summed E-state index contributed by atoms with van der Waals surface area (Å²) in [5.41, 5.74) is -2.41. The lowest BCUT2D eigenvalue weighted by molar-refractivity contribution is -0.458. The van der Waals surface area contributed by atoms with E-state index in [0.717, 1.165) is 0 Å². The molecule has 4 rings (SSSR count). The zero-order valence-electron chi connectivity index (χ0n) is 20.4. The summed E-state index contributed by atoms with van der Waals surface area (Å²) in [4.78, 5) is 0. The van der Waals surface area contributed by atoms with Crippen molar-refractivity contribution in [1.82, 2.24) is 0 Å². The molecule has 4 fully saturated rings. The van der Waals surface area contributed by atoms with Gasteiger partial charge in [0.1, 0.15) is 6.07 Å². The van der Waals surface area contributed by atoms with Crippen LogP contribution in [0.25, 0.3) is 0 Å². The van der Waals surface area contributed by atoms with Crippen LogP contribution in [-0.4, -0.2) is 61.1 Å². The molecule has 0 spiro atoms. The molecule has 248 valence electrons. The number of rotatable bonds is 10. The molecule has 23 heteroatoms. The topological polar surface area (TPSA) is 79.5 Å². The Morgan fingerprint density at radius 3 is 1.28 bits per heavy atom. The Morgan fingerprint density at radius 1 is 0.628 bits per heavy atom. The molecule has 0 amide bonds. The first kappa shape index (κ1) is 35.2. The summed E-state index contributed by atoms with van der Waals surface area (Å²) in [6, 6.07) is 1.25. The molecule has 0 unspecified atom stereocenters. The molecule has 0 radical (unpaired) electrons. The van der Waals surface area contributed by atoms with E-state index in [0.29, 0.717) is 19.3 Å². The van der Waals surface area contributed by atoms with Gasteiger partial charge in [-0.25, -0.2) is 0 Å². The molecule has 0 aliphatic heterocycles. The first-order valence-corrected chi connectivity index (χ1v) is 12.9. The quantitative estimate of drug-likeness (QED) is 0.136. The van der Waals surface area contributed by atoms with E-state index in [1.165, 1.54) is 6.07 Å². The van der Waals surface area contributed by atoms with Crippen LogP contribution in [0.15, 0.2) is 5.16 Å². The number of halogens is 17. The Balaban J connectivity index is 2.00. The highest BCUT2D eigenvalue weighted by molar-refractivity contribution is 7.87. The third-order valence-electron chi connectivity index (χ3n) is 7.88. The number of hydrogen-bond acceptors (Lipinski definition) is 5. The summed E-state index contributed by atoms with van der Waals surface area (Å²) in [6.07, 6.45) is -5.75. The van der Waals surface area contributed by atoms with Crippen molar-refractivity contribution >= 4 is 15.8 Å². The monoisotopic (exact) mass is 686 g/mol. The molecule has 0 aromatic heterocycles. The summed E-state index contributed by atoms with van der Waals surface area (Å²) < 4.78 is 255. The number of hydrogen-bond donors (Lipinski definition) is 0. The molecule has 0 saturated heterocycles. The van der Waals surface area contributed by atoms with Crippen molar-refractivity contribution in [2.24, 2.45) is 28.3 Å². The first-order chi connectivity index (χ1) is 18.9. The molecule has 4 aliphatic rings. The molecule has 0 aromatic carbocycles. The van der Waals surface area contributed by atoms with Crippen molar-refractivity contribution in [2.45, 2.75) is 85.5 Å². The van der Waals surface area contributed by atoms with E-state index in [2.05, 4.69) is 9.44 Å². The molecule has 0 N–H and O–H groups in total. The minimum Gasteiger partial charge on any atom is -0.263 e. The minimum absolute atomic E-state index is 0.0818. The van der Waals surface area contributed by atoms with Crippen LogP contribution >= 0.6 is 0 Å². The molecule has 0 heterocycles. The predicted octanol–water partition coefficient (Wildman–Crippen LogP) is 7.40. The molecule has 43 heavy (non-hydrogen) atoms. The van der Waals surface area contributed by atoms with Gasteiger partial charge >= 0.3 is 57.1 Å². The Labute approximate surface area is 229 Å². The fourth-order valence-electron chi connectivity index (χ4n) is 6.08. The molecule has 0 atom stereocenters. The Hall–Kier alpha value is -2.28. The lowest BCUT2D eigenvalue weighted by Gasteiger charge is -2.55. The summed E-state index contributed by atoms with van der Waals surface area (Å²) in [7, 11) is -7.87. The minimum atomic E-state index is -8.94. The highest BCUT2D eigenvalue weighted by Gasteiger charge is 2.96. The summed E-state index contributed by atoms with van der Waals surface area (Å²) >= 11 is 0. The molecule has 4 saturated carbocycles. The van der Waals surface area contributed by atoms with Gasteiger partial charge in [0.2, 0.25) is 0 Å². The Bertz CT molecular complexity index is 1260. The van der Waals surface area contributed by atoms with Gasteiger partial charge in [0.15, 0.2) is 5.71 Å². The highest BCUT2D eigenvalue weighted by atomic mass is 32.2. The van der Waals surface area contributed by atoms with Gasteiger partial charge in [0, 0.05) is 5.41 Å². The van der Waals surface area contributed by atoms with Crippen LogP contribution in [0.2, 0.25) is 0 Å². The maximum Gasteiger partial charge on any atom is 0.460 e. The summed E-state index contributed by atoms with van der Waals surface area (Å²) in [5, 5.41) is 4.02. The van der Waals surface area contributed by atoms with Crippen molar-refractivity contribution in [3.8, 4) is 6.07 Å². The van der Waals surface area contributed by atoms with Crippen molar-refractivity contribution in [3.05, 3.63) is 0 Å². The predicted molar refractivity (Wildman–Crippen MR) is 104 cm³/mol. The second-order valence-electron chi connectivity index (χ2n) is 10.7. The zero-order chi connectivity index (χ0) is 33.7. The van der Waals surface area contributed by atoms with E-state index in [4.69, 9.17) is 0 Å². The van der Waals surface area contributed by atoms with E-state index in [-0.39, 0.29) is 37.0 Å². The van der Waals surface area contributed by atoms with Crippen LogP contribution in [0.4, 0.5) is 74.6 Å². The maximum atomic E-state index is 14.2. The number of nitriles is 1. The molecule has 4 bridgehead atoms. The van der Waals surface area contributed by atoms with Crippen molar-refractivity contribution in [1.29, 1.82) is 5.26 Å².